The zero-order valence-electron chi connectivity index (χ0n) is 28.3. The maximum Gasteiger partial charge on any atom is 0.164 e. The van der Waals surface area contributed by atoms with Crippen molar-refractivity contribution in [3.63, 3.8) is 0 Å². The zero-order valence-corrected chi connectivity index (χ0v) is 28.3. The molecule has 4 heteroatoms. The van der Waals surface area contributed by atoms with E-state index in [-0.39, 0.29) is 0 Å². The van der Waals surface area contributed by atoms with E-state index >= 15 is 0 Å². The third kappa shape index (κ3) is 6.37. The number of nitrogens with zero attached hydrogens (tertiary/aromatic N) is 4. The van der Waals surface area contributed by atoms with Crippen molar-refractivity contribution in [3.05, 3.63) is 194 Å². The summed E-state index contributed by atoms with van der Waals surface area (Å²) in [4.78, 5) is 19.8. The van der Waals surface area contributed by atoms with Gasteiger partial charge in [-0.3, -0.25) is 0 Å². The fraction of sp³-hybridized carbons (Fsp3) is 0. The highest BCUT2D eigenvalue weighted by atomic mass is 15.0. The van der Waals surface area contributed by atoms with Crippen molar-refractivity contribution in [2.75, 3.05) is 0 Å². The van der Waals surface area contributed by atoms with Gasteiger partial charge in [-0.25, -0.2) is 19.9 Å². The fourth-order valence-corrected chi connectivity index (χ4v) is 6.57. The summed E-state index contributed by atoms with van der Waals surface area (Å²) in [6.07, 6.45) is 0. The lowest BCUT2D eigenvalue weighted by Gasteiger charge is -2.11. The van der Waals surface area contributed by atoms with E-state index in [2.05, 4.69) is 121 Å². The average Bonchev–Trinajstić information content (AvgIpc) is 3.24. The Morgan fingerprint density at radius 3 is 1.08 bits per heavy atom. The summed E-state index contributed by atoms with van der Waals surface area (Å²) >= 11 is 0. The maximum atomic E-state index is 5.11. The Hall–Kier alpha value is -7.04. The molecule has 0 atom stereocenters. The Morgan fingerprint density at radius 1 is 0.212 bits per heavy atom. The van der Waals surface area contributed by atoms with Crippen molar-refractivity contribution in [1.82, 2.24) is 19.9 Å². The van der Waals surface area contributed by atoms with Gasteiger partial charge in [0.25, 0.3) is 0 Å². The van der Waals surface area contributed by atoms with Crippen molar-refractivity contribution in [2.45, 2.75) is 0 Å². The minimum atomic E-state index is 0.648. The van der Waals surface area contributed by atoms with Crippen LogP contribution < -0.4 is 0 Å². The van der Waals surface area contributed by atoms with Crippen LogP contribution in [0.5, 0.6) is 0 Å². The first kappa shape index (κ1) is 31.0. The number of hydrogen-bond acceptors (Lipinski definition) is 4. The Labute approximate surface area is 302 Å². The molecule has 2 heterocycles. The van der Waals surface area contributed by atoms with Gasteiger partial charge in [0.05, 0.1) is 11.4 Å². The van der Waals surface area contributed by atoms with Gasteiger partial charge in [0.2, 0.25) is 0 Å². The molecule has 0 aliphatic rings. The van der Waals surface area contributed by atoms with Crippen LogP contribution in [0.4, 0.5) is 0 Å². The fourth-order valence-electron chi connectivity index (χ4n) is 6.57. The van der Waals surface area contributed by atoms with Crippen LogP contribution in [0, 0.1) is 0 Å². The van der Waals surface area contributed by atoms with Crippen molar-refractivity contribution in [3.8, 4) is 78.9 Å². The second kappa shape index (κ2) is 13.7. The molecule has 0 aliphatic heterocycles. The summed E-state index contributed by atoms with van der Waals surface area (Å²) in [6, 6.07) is 67.1. The topological polar surface area (TPSA) is 51.6 Å². The molecule has 0 fully saturated rings. The molecular formula is C48H32N4. The standard InChI is InChI=1S/C48H32N4/c1-5-13-33(14-6-1)43-31-44(35-15-7-2-8-16-35)49-45(32-43)36-23-21-34(22-24-36)39-25-26-41-30-42(28-27-40(41)29-39)48-51-46(37-17-9-3-10-18-37)50-47(52-48)38-19-11-4-12-20-38/h1-32H. The Balaban J connectivity index is 1.04. The van der Waals surface area contributed by atoms with E-state index in [1.54, 1.807) is 0 Å². The summed E-state index contributed by atoms with van der Waals surface area (Å²) < 4.78 is 0. The van der Waals surface area contributed by atoms with Gasteiger partial charge in [-0.2, -0.15) is 0 Å². The minimum absolute atomic E-state index is 0.648. The zero-order chi connectivity index (χ0) is 34.7. The highest BCUT2D eigenvalue weighted by Gasteiger charge is 2.14. The molecule has 9 aromatic rings. The number of fused-ring (bicyclic) bond motifs is 1. The number of pyridine rings is 1. The lowest BCUT2D eigenvalue weighted by Crippen LogP contribution is -2.00. The van der Waals surface area contributed by atoms with Crippen molar-refractivity contribution >= 4 is 10.8 Å². The van der Waals surface area contributed by atoms with Crippen LogP contribution >= 0.6 is 0 Å². The van der Waals surface area contributed by atoms with Gasteiger partial charge >= 0.3 is 0 Å². The van der Waals surface area contributed by atoms with Crippen LogP contribution in [0.15, 0.2) is 194 Å². The molecule has 0 saturated heterocycles. The van der Waals surface area contributed by atoms with E-state index in [1.807, 2.05) is 72.8 Å². The summed E-state index contributed by atoms with van der Waals surface area (Å²) in [5, 5.41) is 2.27. The molecule has 0 aliphatic carbocycles. The second-order valence-corrected chi connectivity index (χ2v) is 12.8. The lowest BCUT2D eigenvalue weighted by atomic mass is 9.97. The van der Waals surface area contributed by atoms with E-state index in [0.717, 1.165) is 66.7 Å². The molecule has 2 aromatic heterocycles. The van der Waals surface area contributed by atoms with Crippen LogP contribution in [0.1, 0.15) is 0 Å². The van der Waals surface area contributed by atoms with Gasteiger partial charge in [0, 0.05) is 27.8 Å². The molecule has 4 nitrogen and oxygen atoms in total. The van der Waals surface area contributed by atoms with E-state index < -0.39 is 0 Å². The Kier molecular flexibility index (Phi) is 8.16. The quantitative estimate of drug-likeness (QED) is 0.170. The molecule has 0 spiro atoms. The Morgan fingerprint density at radius 2 is 0.558 bits per heavy atom. The molecule has 0 radical (unpaired) electrons. The van der Waals surface area contributed by atoms with Gasteiger partial charge in [-0.1, -0.05) is 170 Å². The van der Waals surface area contributed by atoms with Crippen LogP contribution in [0.3, 0.4) is 0 Å². The number of rotatable bonds is 7. The van der Waals surface area contributed by atoms with Crippen LogP contribution in [0.25, 0.3) is 89.7 Å². The molecule has 0 unspecified atom stereocenters. The molecule has 9 rings (SSSR count). The molecule has 0 amide bonds. The second-order valence-electron chi connectivity index (χ2n) is 12.8. The molecule has 0 N–H and O–H groups in total. The van der Waals surface area contributed by atoms with Gasteiger partial charge in [-0.05, 0) is 57.3 Å². The first-order valence-corrected chi connectivity index (χ1v) is 17.4. The lowest BCUT2D eigenvalue weighted by molar-refractivity contribution is 1.07. The van der Waals surface area contributed by atoms with Crippen molar-refractivity contribution < 1.29 is 0 Å². The molecule has 7 aromatic carbocycles. The number of aromatic nitrogens is 4. The van der Waals surface area contributed by atoms with Crippen LogP contribution in [-0.2, 0) is 0 Å². The normalized spacial score (nSPS) is 11.1. The SMILES string of the molecule is c1ccc(-c2cc(-c3ccccc3)nc(-c3ccc(-c4ccc5cc(-c6nc(-c7ccccc7)nc(-c7ccccc7)n6)ccc5c4)cc3)c2)cc1. The van der Waals surface area contributed by atoms with Crippen LogP contribution in [-0.4, -0.2) is 19.9 Å². The third-order valence-electron chi connectivity index (χ3n) is 9.31. The number of benzene rings is 7. The predicted molar refractivity (Wildman–Crippen MR) is 213 cm³/mol. The molecule has 52 heavy (non-hydrogen) atoms. The van der Waals surface area contributed by atoms with E-state index in [4.69, 9.17) is 19.9 Å². The Bertz CT molecular complexity index is 2530. The summed E-state index contributed by atoms with van der Waals surface area (Å²) in [5.74, 6) is 1.96. The van der Waals surface area contributed by atoms with Gasteiger partial charge < -0.3 is 0 Å². The largest absolute Gasteiger partial charge is 0.248 e. The highest BCUT2D eigenvalue weighted by Crippen LogP contribution is 2.33. The molecule has 244 valence electrons. The van der Waals surface area contributed by atoms with Gasteiger partial charge in [-0.15, -0.1) is 0 Å². The van der Waals surface area contributed by atoms with Gasteiger partial charge in [0.15, 0.2) is 17.5 Å². The highest BCUT2D eigenvalue weighted by molar-refractivity contribution is 5.90. The molecule has 0 saturated carbocycles. The monoisotopic (exact) mass is 664 g/mol. The van der Waals surface area contributed by atoms with Crippen molar-refractivity contribution in [2.24, 2.45) is 0 Å². The minimum Gasteiger partial charge on any atom is -0.248 e. The summed E-state index contributed by atoms with van der Waals surface area (Å²) in [6.45, 7) is 0. The molecular weight excluding hydrogens is 633 g/mol. The maximum absolute atomic E-state index is 5.11. The number of hydrogen-bond donors (Lipinski definition) is 0. The van der Waals surface area contributed by atoms with E-state index in [0.29, 0.717) is 17.5 Å². The van der Waals surface area contributed by atoms with Gasteiger partial charge in [0.1, 0.15) is 0 Å². The van der Waals surface area contributed by atoms with Crippen LogP contribution in [0.2, 0.25) is 0 Å². The summed E-state index contributed by atoms with van der Waals surface area (Å²) in [5.41, 5.74) is 11.5. The third-order valence-corrected chi connectivity index (χ3v) is 9.31. The molecule has 0 bridgehead atoms. The predicted octanol–water partition coefficient (Wildman–Crippen LogP) is 12.1. The first-order chi connectivity index (χ1) is 25.7. The average molecular weight is 665 g/mol. The van der Waals surface area contributed by atoms with Crippen molar-refractivity contribution in [1.29, 1.82) is 0 Å². The summed E-state index contributed by atoms with van der Waals surface area (Å²) in [7, 11) is 0. The van der Waals surface area contributed by atoms with E-state index in [1.165, 1.54) is 5.56 Å². The smallest absolute Gasteiger partial charge is 0.164 e. The first-order valence-electron chi connectivity index (χ1n) is 17.4. The van der Waals surface area contributed by atoms with E-state index in [9.17, 15) is 0 Å².